The number of carbonyl (C=O) groups excluding carboxylic acids is 1. The van der Waals surface area contributed by atoms with E-state index in [1.807, 2.05) is 32.0 Å². The molecule has 0 unspecified atom stereocenters. The van der Waals surface area contributed by atoms with E-state index in [0.717, 1.165) is 15.8 Å². The van der Waals surface area contributed by atoms with Crippen LogP contribution in [-0.2, 0) is 16.1 Å². The van der Waals surface area contributed by atoms with E-state index < -0.39 is 5.97 Å². The maximum absolute atomic E-state index is 11.7. The summed E-state index contributed by atoms with van der Waals surface area (Å²) in [5.74, 6) is 2.00. The molecule has 0 saturated carbocycles. The Kier molecular flexibility index (Phi) is 5.18. The lowest BCUT2D eigenvalue weighted by Gasteiger charge is -2.05. The Morgan fingerprint density at radius 1 is 1.20 bits per heavy atom. The topological polar surface area (TPSA) is 87.6 Å². The number of hydrogen-bond acceptors (Lipinski definition) is 7. The first-order valence-electron chi connectivity index (χ1n) is 7.45. The second-order valence-corrected chi connectivity index (χ2v) is 6.15. The molecule has 7 nitrogen and oxygen atoms in total. The first-order chi connectivity index (χ1) is 12.0. The molecule has 0 amide bonds. The Labute approximate surface area is 152 Å². The van der Waals surface area contributed by atoms with E-state index in [4.69, 9.17) is 18.3 Å². The minimum Gasteiger partial charge on any atom is -0.482 e. The van der Waals surface area contributed by atoms with Crippen LogP contribution in [0, 0.1) is 13.8 Å². The van der Waals surface area contributed by atoms with Crippen LogP contribution >= 0.6 is 15.9 Å². The van der Waals surface area contributed by atoms with E-state index in [9.17, 15) is 4.79 Å². The van der Waals surface area contributed by atoms with Crippen molar-refractivity contribution in [2.24, 2.45) is 0 Å². The second-order valence-electron chi connectivity index (χ2n) is 5.23. The number of rotatable bonds is 6. The molecule has 8 heteroatoms. The van der Waals surface area contributed by atoms with Gasteiger partial charge in [-0.25, -0.2) is 4.79 Å². The molecule has 2 heterocycles. The molecule has 0 saturated heterocycles. The molecule has 0 radical (unpaired) electrons. The fourth-order valence-corrected chi connectivity index (χ4v) is 2.53. The van der Waals surface area contributed by atoms with Gasteiger partial charge in [-0.2, -0.15) is 0 Å². The van der Waals surface area contributed by atoms with Gasteiger partial charge in [-0.05, 0) is 38.1 Å². The van der Waals surface area contributed by atoms with Gasteiger partial charge in [0.2, 0.25) is 0 Å². The summed E-state index contributed by atoms with van der Waals surface area (Å²) in [6.07, 6.45) is 0. The van der Waals surface area contributed by atoms with Crippen molar-refractivity contribution >= 4 is 21.9 Å². The van der Waals surface area contributed by atoms with Crippen LogP contribution in [0.3, 0.4) is 0 Å². The minimum absolute atomic E-state index is 0.121. The zero-order chi connectivity index (χ0) is 17.8. The highest BCUT2D eigenvalue weighted by Gasteiger charge is 2.15. The van der Waals surface area contributed by atoms with Gasteiger partial charge in [0.15, 0.2) is 13.2 Å². The lowest BCUT2D eigenvalue weighted by Crippen LogP contribution is -2.14. The lowest BCUT2D eigenvalue weighted by atomic mass is 10.2. The van der Waals surface area contributed by atoms with Gasteiger partial charge < -0.3 is 18.3 Å². The van der Waals surface area contributed by atoms with E-state index in [1.54, 1.807) is 12.1 Å². The van der Waals surface area contributed by atoms with Gasteiger partial charge >= 0.3 is 5.97 Å². The molecule has 2 aromatic heterocycles. The van der Waals surface area contributed by atoms with Crippen LogP contribution in [0.25, 0.3) is 11.5 Å². The molecule has 3 aromatic rings. The fourth-order valence-electron chi connectivity index (χ4n) is 2.15. The summed E-state index contributed by atoms with van der Waals surface area (Å²) >= 11 is 3.33. The third-order valence-corrected chi connectivity index (χ3v) is 3.74. The number of benzene rings is 1. The number of ether oxygens (including phenoxy) is 2. The quantitative estimate of drug-likeness (QED) is 0.574. The minimum atomic E-state index is -0.532. The average Bonchev–Trinajstić information content (AvgIpc) is 3.17. The Bertz CT molecular complexity index is 887. The van der Waals surface area contributed by atoms with Gasteiger partial charge in [-0.1, -0.05) is 22.0 Å². The van der Waals surface area contributed by atoms with Gasteiger partial charge in [0.1, 0.15) is 17.3 Å². The van der Waals surface area contributed by atoms with Gasteiger partial charge in [-0.3, -0.25) is 0 Å². The van der Waals surface area contributed by atoms with Crippen LogP contribution in [0.4, 0.5) is 0 Å². The normalized spacial score (nSPS) is 10.7. The highest BCUT2D eigenvalue weighted by molar-refractivity contribution is 9.10. The Morgan fingerprint density at radius 2 is 2.04 bits per heavy atom. The van der Waals surface area contributed by atoms with E-state index in [2.05, 4.69) is 26.1 Å². The van der Waals surface area contributed by atoms with Gasteiger partial charge in [-0.15, -0.1) is 10.2 Å². The van der Waals surface area contributed by atoms with Crippen molar-refractivity contribution in [3.8, 4) is 17.2 Å². The van der Waals surface area contributed by atoms with Crippen LogP contribution in [0.15, 0.2) is 43.6 Å². The first kappa shape index (κ1) is 17.2. The fraction of sp³-hybridized carbons (Fsp3) is 0.235. The third-order valence-electron chi connectivity index (χ3n) is 3.25. The molecule has 0 N–H and O–H groups in total. The van der Waals surface area contributed by atoms with Crippen molar-refractivity contribution in [1.29, 1.82) is 0 Å². The summed E-state index contributed by atoms with van der Waals surface area (Å²) in [6.45, 7) is 3.31. The molecule has 0 bridgehead atoms. The SMILES string of the molecule is Cc1cc(-c2nnc(COC(=O)COc3cccc(Br)c3)o2)c(C)o1. The molecule has 1 aromatic carbocycles. The molecular weight excluding hydrogens is 392 g/mol. The van der Waals surface area contributed by atoms with Crippen molar-refractivity contribution in [2.45, 2.75) is 20.5 Å². The van der Waals surface area contributed by atoms with Crippen molar-refractivity contribution in [2.75, 3.05) is 6.61 Å². The lowest BCUT2D eigenvalue weighted by molar-refractivity contribution is -0.148. The number of carbonyl (C=O) groups is 1. The first-order valence-corrected chi connectivity index (χ1v) is 8.24. The number of aromatic nitrogens is 2. The summed E-state index contributed by atoms with van der Waals surface area (Å²) in [7, 11) is 0. The van der Waals surface area contributed by atoms with Crippen LogP contribution in [0.2, 0.25) is 0 Å². The molecule has 130 valence electrons. The Morgan fingerprint density at radius 3 is 2.76 bits per heavy atom. The number of halogens is 1. The van der Waals surface area contributed by atoms with E-state index >= 15 is 0 Å². The molecule has 0 aliphatic rings. The number of aryl methyl sites for hydroxylation is 2. The predicted octanol–water partition coefficient (Wildman–Crippen LogP) is 3.83. The molecule has 25 heavy (non-hydrogen) atoms. The molecule has 3 rings (SSSR count). The maximum atomic E-state index is 11.7. The van der Waals surface area contributed by atoms with Crippen LogP contribution in [0.5, 0.6) is 5.75 Å². The summed E-state index contributed by atoms with van der Waals surface area (Å²) in [6, 6.07) is 8.99. The van der Waals surface area contributed by atoms with E-state index in [1.165, 1.54) is 0 Å². The highest BCUT2D eigenvalue weighted by atomic mass is 79.9. The van der Waals surface area contributed by atoms with Crippen LogP contribution in [0.1, 0.15) is 17.4 Å². The van der Waals surface area contributed by atoms with Crippen molar-refractivity contribution in [3.63, 3.8) is 0 Å². The zero-order valence-electron chi connectivity index (χ0n) is 13.6. The summed E-state index contributed by atoms with van der Waals surface area (Å²) in [5.41, 5.74) is 0.723. The largest absolute Gasteiger partial charge is 0.482 e. The van der Waals surface area contributed by atoms with E-state index in [0.29, 0.717) is 17.4 Å². The standard InChI is InChI=1S/C17H15BrN2O5/c1-10-6-14(11(2)24-10)17-20-19-15(25-17)8-23-16(21)9-22-13-5-3-4-12(18)7-13/h3-7H,8-9H2,1-2H3. The molecule has 0 atom stereocenters. The number of nitrogens with zero attached hydrogens (tertiary/aromatic N) is 2. The van der Waals surface area contributed by atoms with Crippen molar-refractivity contribution in [1.82, 2.24) is 10.2 Å². The highest BCUT2D eigenvalue weighted by Crippen LogP contribution is 2.25. The van der Waals surface area contributed by atoms with Crippen molar-refractivity contribution < 1.29 is 23.1 Å². The number of esters is 1. The molecule has 0 fully saturated rings. The zero-order valence-corrected chi connectivity index (χ0v) is 15.2. The van der Waals surface area contributed by atoms with E-state index in [-0.39, 0.29) is 19.1 Å². The summed E-state index contributed by atoms with van der Waals surface area (Å²) in [5, 5.41) is 7.80. The third kappa shape index (κ3) is 4.48. The van der Waals surface area contributed by atoms with Gasteiger partial charge in [0.05, 0.1) is 5.56 Å². The van der Waals surface area contributed by atoms with Gasteiger partial charge in [0, 0.05) is 4.47 Å². The second kappa shape index (κ2) is 7.52. The Balaban J connectivity index is 1.52. The van der Waals surface area contributed by atoms with Crippen molar-refractivity contribution in [3.05, 3.63) is 52.2 Å². The number of hydrogen-bond donors (Lipinski definition) is 0. The Hall–Kier alpha value is -2.61. The molecule has 0 spiro atoms. The molecular formula is C17H15BrN2O5. The van der Waals surface area contributed by atoms with Crippen LogP contribution < -0.4 is 4.74 Å². The van der Waals surface area contributed by atoms with Gasteiger partial charge in [0.25, 0.3) is 11.8 Å². The predicted molar refractivity (Wildman–Crippen MR) is 90.9 cm³/mol. The van der Waals surface area contributed by atoms with Crippen LogP contribution in [-0.4, -0.2) is 22.8 Å². The smallest absolute Gasteiger partial charge is 0.344 e. The maximum Gasteiger partial charge on any atom is 0.344 e. The average molecular weight is 407 g/mol. The monoisotopic (exact) mass is 406 g/mol. The molecule has 0 aliphatic heterocycles. The summed E-state index contributed by atoms with van der Waals surface area (Å²) in [4.78, 5) is 11.7. The number of furan rings is 1. The summed E-state index contributed by atoms with van der Waals surface area (Å²) < 4.78 is 22.2. The molecule has 0 aliphatic carbocycles.